The van der Waals surface area contributed by atoms with Crippen LogP contribution in [-0.4, -0.2) is 24.3 Å². The molecule has 1 heterocycles. The molecular formula is C17H16FNO2. The van der Waals surface area contributed by atoms with E-state index in [0.717, 1.165) is 13.1 Å². The van der Waals surface area contributed by atoms with E-state index >= 15 is 0 Å². The summed E-state index contributed by atoms with van der Waals surface area (Å²) in [6, 6.07) is 12.5. The van der Waals surface area contributed by atoms with Crippen molar-refractivity contribution in [3.63, 3.8) is 0 Å². The average molecular weight is 285 g/mol. The molecule has 0 spiro atoms. The highest BCUT2D eigenvalue weighted by atomic mass is 19.1. The molecule has 0 amide bonds. The van der Waals surface area contributed by atoms with Crippen molar-refractivity contribution in [1.29, 1.82) is 0 Å². The molecule has 0 bridgehead atoms. The van der Waals surface area contributed by atoms with Crippen LogP contribution in [0.15, 0.2) is 42.5 Å². The Balaban J connectivity index is 1.69. The minimum absolute atomic E-state index is 0.0793. The van der Waals surface area contributed by atoms with Gasteiger partial charge in [0.05, 0.1) is 13.7 Å². The van der Waals surface area contributed by atoms with E-state index in [1.165, 1.54) is 30.4 Å². The SMILES string of the molecule is COc1ccc(C(=O)CN2Cc3ccccc3C2)cc1F. The number of nitrogens with zero attached hydrogens (tertiary/aromatic N) is 1. The van der Waals surface area contributed by atoms with Crippen molar-refractivity contribution in [2.45, 2.75) is 13.1 Å². The molecule has 1 aliphatic rings. The highest BCUT2D eigenvalue weighted by molar-refractivity contribution is 5.97. The fourth-order valence-corrected chi connectivity index (χ4v) is 2.65. The number of fused-ring (bicyclic) bond motifs is 1. The molecule has 0 N–H and O–H groups in total. The molecule has 1 aliphatic heterocycles. The monoisotopic (exact) mass is 285 g/mol. The molecule has 0 saturated carbocycles. The fourth-order valence-electron chi connectivity index (χ4n) is 2.65. The summed E-state index contributed by atoms with van der Waals surface area (Å²) < 4.78 is 18.5. The summed E-state index contributed by atoms with van der Waals surface area (Å²) >= 11 is 0. The zero-order valence-corrected chi connectivity index (χ0v) is 11.8. The van der Waals surface area contributed by atoms with E-state index in [1.54, 1.807) is 6.07 Å². The van der Waals surface area contributed by atoms with Gasteiger partial charge in [-0.2, -0.15) is 0 Å². The summed E-state index contributed by atoms with van der Waals surface area (Å²) in [5.74, 6) is -0.433. The second kappa shape index (κ2) is 5.66. The third kappa shape index (κ3) is 2.81. The lowest BCUT2D eigenvalue weighted by Crippen LogP contribution is -2.24. The van der Waals surface area contributed by atoms with E-state index in [9.17, 15) is 9.18 Å². The average Bonchev–Trinajstić information content (AvgIpc) is 2.89. The normalized spacial score (nSPS) is 14.0. The van der Waals surface area contributed by atoms with Crippen molar-refractivity contribution in [3.8, 4) is 5.75 Å². The first-order valence-electron chi connectivity index (χ1n) is 6.83. The predicted octanol–water partition coefficient (Wildman–Crippen LogP) is 3.03. The number of halogens is 1. The Morgan fingerprint density at radius 1 is 1.19 bits per heavy atom. The van der Waals surface area contributed by atoms with Gasteiger partial charge in [-0.05, 0) is 29.3 Å². The molecule has 21 heavy (non-hydrogen) atoms. The van der Waals surface area contributed by atoms with Gasteiger partial charge in [0.15, 0.2) is 17.3 Å². The Hall–Kier alpha value is -2.20. The van der Waals surface area contributed by atoms with Crippen LogP contribution in [-0.2, 0) is 13.1 Å². The standard InChI is InChI=1S/C17H16FNO2/c1-21-17-7-6-12(8-15(17)18)16(20)11-19-9-13-4-2-3-5-14(13)10-19/h2-8H,9-11H2,1H3. The van der Waals surface area contributed by atoms with Crippen LogP contribution in [0.3, 0.4) is 0 Å². The molecule has 0 unspecified atom stereocenters. The van der Waals surface area contributed by atoms with E-state index < -0.39 is 5.82 Å². The topological polar surface area (TPSA) is 29.5 Å². The van der Waals surface area contributed by atoms with Gasteiger partial charge >= 0.3 is 0 Å². The Labute approximate surface area is 123 Å². The lowest BCUT2D eigenvalue weighted by molar-refractivity contribution is 0.0929. The molecule has 0 radical (unpaired) electrons. The summed E-state index contributed by atoms with van der Waals surface area (Å²) in [6.45, 7) is 1.82. The fraction of sp³-hybridized carbons (Fsp3) is 0.235. The number of carbonyl (C=O) groups excluding carboxylic acids is 1. The molecule has 0 aliphatic carbocycles. The Bertz CT molecular complexity index is 659. The number of rotatable bonds is 4. The highest BCUT2D eigenvalue weighted by Crippen LogP contribution is 2.23. The largest absolute Gasteiger partial charge is 0.494 e. The first-order valence-corrected chi connectivity index (χ1v) is 6.83. The van der Waals surface area contributed by atoms with Crippen molar-refractivity contribution < 1.29 is 13.9 Å². The van der Waals surface area contributed by atoms with E-state index in [0.29, 0.717) is 12.1 Å². The molecular weight excluding hydrogens is 269 g/mol. The van der Waals surface area contributed by atoms with Crippen molar-refractivity contribution in [2.24, 2.45) is 0 Å². The van der Waals surface area contributed by atoms with Gasteiger partial charge in [-0.15, -0.1) is 0 Å². The van der Waals surface area contributed by atoms with Gasteiger partial charge in [-0.3, -0.25) is 9.69 Å². The highest BCUT2D eigenvalue weighted by Gasteiger charge is 2.21. The second-order valence-electron chi connectivity index (χ2n) is 5.19. The molecule has 0 aromatic heterocycles. The number of ketones is 1. The smallest absolute Gasteiger partial charge is 0.176 e. The Morgan fingerprint density at radius 2 is 1.86 bits per heavy atom. The number of methoxy groups -OCH3 is 1. The quantitative estimate of drug-likeness (QED) is 0.809. The lowest BCUT2D eigenvalue weighted by atomic mass is 10.1. The van der Waals surface area contributed by atoms with Gasteiger partial charge in [0.1, 0.15) is 0 Å². The summed E-state index contributed by atoms with van der Waals surface area (Å²) in [5, 5.41) is 0. The summed E-state index contributed by atoms with van der Waals surface area (Å²) in [4.78, 5) is 14.3. The van der Waals surface area contributed by atoms with Gasteiger partial charge in [0, 0.05) is 18.7 Å². The predicted molar refractivity (Wildman–Crippen MR) is 77.8 cm³/mol. The van der Waals surface area contributed by atoms with E-state index in [2.05, 4.69) is 17.0 Å². The van der Waals surface area contributed by atoms with Gasteiger partial charge in [-0.25, -0.2) is 4.39 Å². The third-order valence-electron chi connectivity index (χ3n) is 3.75. The molecule has 108 valence electrons. The lowest BCUT2D eigenvalue weighted by Gasteiger charge is -2.14. The number of hydrogen-bond acceptors (Lipinski definition) is 3. The summed E-state index contributed by atoms with van der Waals surface area (Å²) in [7, 11) is 1.40. The number of ether oxygens (including phenoxy) is 1. The van der Waals surface area contributed by atoms with Crippen LogP contribution in [0.2, 0.25) is 0 Å². The minimum Gasteiger partial charge on any atom is -0.494 e. The van der Waals surface area contributed by atoms with E-state index in [1.807, 2.05) is 12.1 Å². The first kappa shape index (κ1) is 13.8. The summed E-state index contributed by atoms with van der Waals surface area (Å²) in [5.41, 5.74) is 2.89. The summed E-state index contributed by atoms with van der Waals surface area (Å²) in [6.07, 6.45) is 0. The molecule has 2 aromatic carbocycles. The number of carbonyl (C=O) groups is 1. The van der Waals surface area contributed by atoms with Crippen LogP contribution in [0.1, 0.15) is 21.5 Å². The first-order chi connectivity index (χ1) is 10.2. The molecule has 2 aromatic rings. The van der Waals surface area contributed by atoms with Crippen molar-refractivity contribution >= 4 is 5.78 Å². The van der Waals surface area contributed by atoms with Crippen LogP contribution in [0.4, 0.5) is 4.39 Å². The van der Waals surface area contributed by atoms with Crippen LogP contribution in [0, 0.1) is 5.82 Å². The van der Waals surface area contributed by atoms with Crippen molar-refractivity contribution in [1.82, 2.24) is 4.90 Å². The molecule has 3 rings (SSSR count). The van der Waals surface area contributed by atoms with Crippen LogP contribution < -0.4 is 4.74 Å². The second-order valence-corrected chi connectivity index (χ2v) is 5.19. The Kier molecular flexibility index (Phi) is 3.71. The van der Waals surface area contributed by atoms with Crippen LogP contribution in [0.25, 0.3) is 0 Å². The molecule has 0 saturated heterocycles. The molecule has 0 fully saturated rings. The van der Waals surface area contributed by atoms with Gasteiger partial charge in [-0.1, -0.05) is 24.3 Å². The zero-order chi connectivity index (χ0) is 14.8. The van der Waals surface area contributed by atoms with Crippen LogP contribution in [0.5, 0.6) is 5.75 Å². The maximum absolute atomic E-state index is 13.6. The van der Waals surface area contributed by atoms with Crippen LogP contribution >= 0.6 is 0 Å². The number of Topliss-reactive ketones (excluding diaryl/α,β-unsaturated/α-hetero) is 1. The van der Waals surface area contributed by atoms with Gasteiger partial charge < -0.3 is 4.74 Å². The van der Waals surface area contributed by atoms with E-state index in [-0.39, 0.29) is 11.5 Å². The zero-order valence-electron chi connectivity index (χ0n) is 11.8. The third-order valence-corrected chi connectivity index (χ3v) is 3.75. The Morgan fingerprint density at radius 3 is 2.43 bits per heavy atom. The molecule has 0 atom stereocenters. The molecule has 3 nitrogen and oxygen atoms in total. The van der Waals surface area contributed by atoms with E-state index in [4.69, 9.17) is 4.74 Å². The number of benzene rings is 2. The minimum atomic E-state index is -0.506. The number of hydrogen-bond donors (Lipinski definition) is 0. The maximum Gasteiger partial charge on any atom is 0.176 e. The maximum atomic E-state index is 13.6. The van der Waals surface area contributed by atoms with Crippen molar-refractivity contribution in [3.05, 3.63) is 65.0 Å². The van der Waals surface area contributed by atoms with Gasteiger partial charge in [0.2, 0.25) is 0 Å². The molecule has 4 heteroatoms. The van der Waals surface area contributed by atoms with Crippen molar-refractivity contribution in [2.75, 3.05) is 13.7 Å². The van der Waals surface area contributed by atoms with Gasteiger partial charge in [0.25, 0.3) is 0 Å².